The van der Waals surface area contributed by atoms with Crippen LogP contribution in [0.2, 0.25) is 0 Å². The number of cyclic esters (lactones) is 3. The molecule has 0 radical (unpaired) electrons. The fraction of sp³-hybridized carbons (Fsp3) is 0.613. The van der Waals surface area contributed by atoms with E-state index in [9.17, 15) is 19.2 Å². The highest BCUT2D eigenvalue weighted by Crippen LogP contribution is 2.21. The summed E-state index contributed by atoms with van der Waals surface area (Å²) in [6, 6.07) is 10.1. The number of hydrogen-bond donors (Lipinski definition) is 2. The van der Waals surface area contributed by atoms with Crippen molar-refractivity contribution in [3.05, 3.63) is 48.0 Å². The first kappa shape index (κ1) is 34.9. The Hall–Kier alpha value is -3.28. The van der Waals surface area contributed by atoms with Crippen molar-refractivity contribution < 1.29 is 53.1 Å². The van der Waals surface area contributed by atoms with Gasteiger partial charge in [0.15, 0.2) is 0 Å². The van der Waals surface area contributed by atoms with Gasteiger partial charge >= 0.3 is 23.9 Å². The minimum absolute atomic E-state index is 0.0736. The highest BCUT2D eigenvalue weighted by Gasteiger charge is 2.35. The molecule has 0 aliphatic carbocycles. The number of aliphatic hydroxyl groups excluding tert-OH is 2. The van der Waals surface area contributed by atoms with E-state index in [0.717, 1.165) is 19.3 Å². The van der Waals surface area contributed by atoms with Crippen LogP contribution in [0.3, 0.4) is 0 Å². The Morgan fingerprint density at radius 3 is 2.19 bits per heavy atom. The van der Waals surface area contributed by atoms with E-state index in [4.69, 9.17) is 33.9 Å². The third-order valence-corrected chi connectivity index (χ3v) is 6.85. The zero-order valence-corrected chi connectivity index (χ0v) is 24.4. The molecule has 234 valence electrons. The van der Waals surface area contributed by atoms with Gasteiger partial charge in [0.1, 0.15) is 11.5 Å². The average Bonchev–Trinajstić information content (AvgIpc) is 3.46. The summed E-state index contributed by atoms with van der Waals surface area (Å²) in [6.07, 6.45) is 8.13. The van der Waals surface area contributed by atoms with E-state index in [1.54, 1.807) is 0 Å². The SMILES string of the molecule is CC(CO)(CO)C(=O)OC1CCOC(=O)CC1.O=C1CC=CCCO1.O=C1CCC(COCc2ccccc2)CCO1. The van der Waals surface area contributed by atoms with Crippen LogP contribution in [-0.2, 0) is 49.5 Å². The summed E-state index contributed by atoms with van der Waals surface area (Å²) in [7, 11) is 0. The van der Waals surface area contributed by atoms with Gasteiger partial charge in [-0.25, -0.2) is 0 Å². The van der Waals surface area contributed by atoms with Gasteiger partial charge in [0.25, 0.3) is 0 Å². The molecule has 2 unspecified atom stereocenters. The summed E-state index contributed by atoms with van der Waals surface area (Å²) in [4.78, 5) is 44.2. The quantitative estimate of drug-likeness (QED) is 0.260. The standard InChI is InChI=1S/C14H18O3.C11H18O6.C6H8O2/c15-14-7-6-13(8-9-17-14)11-16-10-12-4-2-1-3-5-12;1-11(6-12,7-13)10(15)17-8-2-3-9(14)16-5-4-8;7-6-4-2-1-3-5-8-6/h1-5,13H,6-11H2;8,12-13H,2-7H2,1H3;1-2H,3-5H2. The van der Waals surface area contributed by atoms with E-state index in [2.05, 4.69) is 12.1 Å². The number of benzene rings is 1. The molecular weight excluding hydrogens is 548 g/mol. The summed E-state index contributed by atoms with van der Waals surface area (Å²) in [6.45, 7) is 3.14. The minimum Gasteiger partial charge on any atom is -0.466 e. The van der Waals surface area contributed by atoms with Crippen molar-refractivity contribution in [2.45, 2.75) is 71.0 Å². The van der Waals surface area contributed by atoms with E-state index in [-0.39, 0.29) is 30.9 Å². The summed E-state index contributed by atoms with van der Waals surface area (Å²) >= 11 is 0. The van der Waals surface area contributed by atoms with Crippen LogP contribution in [0.5, 0.6) is 0 Å². The highest BCUT2D eigenvalue weighted by atomic mass is 16.6. The van der Waals surface area contributed by atoms with Gasteiger partial charge in [0.2, 0.25) is 0 Å². The van der Waals surface area contributed by atoms with Gasteiger partial charge in [-0.15, -0.1) is 0 Å². The molecule has 4 rings (SSSR count). The van der Waals surface area contributed by atoms with Crippen LogP contribution >= 0.6 is 0 Å². The zero-order chi connectivity index (χ0) is 30.6. The smallest absolute Gasteiger partial charge is 0.316 e. The fourth-order valence-electron chi connectivity index (χ4n) is 3.95. The van der Waals surface area contributed by atoms with Crippen molar-refractivity contribution in [2.24, 2.45) is 11.3 Å². The molecule has 1 aromatic rings. The Balaban J connectivity index is 0.000000234. The highest BCUT2D eigenvalue weighted by molar-refractivity contribution is 5.77. The lowest BCUT2D eigenvalue weighted by atomic mass is 9.93. The first-order chi connectivity index (χ1) is 20.3. The molecule has 0 bridgehead atoms. The third-order valence-electron chi connectivity index (χ3n) is 6.85. The Bertz CT molecular complexity index is 988. The Morgan fingerprint density at radius 1 is 0.857 bits per heavy atom. The lowest BCUT2D eigenvalue weighted by Gasteiger charge is -2.25. The number of carbonyl (C=O) groups excluding carboxylic acids is 4. The molecule has 1 aromatic carbocycles. The van der Waals surface area contributed by atoms with Gasteiger partial charge in [0, 0.05) is 25.9 Å². The molecule has 0 spiro atoms. The number of hydrogen-bond acceptors (Lipinski definition) is 11. The minimum atomic E-state index is -1.29. The monoisotopic (exact) mass is 592 g/mol. The first-order valence-electron chi connectivity index (χ1n) is 14.4. The van der Waals surface area contributed by atoms with Crippen molar-refractivity contribution in [1.82, 2.24) is 0 Å². The molecular formula is C31H44O11. The van der Waals surface area contributed by atoms with E-state index >= 15 is 0 Å². The molecule has 2 saturated heterocycles. The summed E-state index contributed by atoms with van der Waals surface area (Å²) in [5, 5.41) is 18.1. The molecule has 0 aromatic heterocycles. The van der Waals surface area contributed by atoms with Crippen LogP contribution in [0.1, 0.15) is 63.9 Å². The third kappa shape index (κ3) is 14.1. The molecule has 0 saturated carbocycles. The summed E-state index contributed by atoms with van der Waals surface area (Å²) < 4.78 is 25.4. The lowest BCUT2D eigenvalue weighted by molar-refractivity contribution is -0.166. The normalized spacial score (nSPS) is 20.9. The fourth-order valence-corrected chi connectivity index (χ4v) is 3.95. The van der Waals surface area contributed by atoms with Gasteiger partial charge in [-0.3, -0.25) is 19.2 Å². The molecule has 2 atom stereocenters. The Labute approximate surface area is 247 Å². The maximum Gasteiger partial charge on any atom is 0.316 e. The van der Waals surface area contributed by atoms with Gasteiger partial charge < -0.3 is 33.9 Å². The molecule has 11 nitrogen and oxygen atoms in total. The van der Waals surface area contributed by atoms with Crippen molar-refractivity contribution in [1.29, 1.82) is 0 Å². The van der Waals surface area contributed by atoms with Crippen LogP contribution in [-0.4, -0.2) is 79.8 Å². The van der Waals surface area contributed by atoms with Crippen LogP contribution in [0.25, 0.3) is 0 Å². The van der Waals surface area contributed by atoms with Gasteiger partial charge in [0.05, 0.1) is 46.1 Å². The van der Waals surface area contributed by atoms with Crippen molar-refractivity contribution in [2.75, 3.05) is 39.6 Å². The number of rotatable bonds is 8. The molecule has 2 N–H and O–H groups in total. The lowest BCUT2D eigenvalue weighted by Crippen LogP contribution is -2.39. The molecule has 2 fully saturated rings. The van der Waals surface area contributed by atoms with Crippen LogP contribution in [0, 0.1) is 11.3 Å². The maximum atomic E-state index is 11.7. The van der Waals surface area contributed by atoms with E-state index in [1.165, 1.54) is 12.5 Å². The Morgan fingerprint density at radius 2 is 1.50 bits per heavy atom. The van der Waals surface area contributed by atoms with E-state index in [1.807, 2.05) is 30.4 Å². The zero-order valence-electron chi connectivity index (χ0n) is 24.4. The number of carbonyl (C=O) groups is 4. The average molecular weight is 593 g/mol. The largest absolute Gasteiger partial charge is 0.466 e. The predicted octanol–water partition coefficient (Wildman–Crippen LogP) is 3.04. The van der Waals surface area contributed by atoms with E-state index in [0.29, 0.717) is 58.0 Å². The van der Waals surface area contributed by atoms with Crippen LogP contribution in [0.15, 0.2) is 42.5 Å². The van der Waals surface area contributed by atoms with Crippen molar-refractivity contribution in [3.8, 4) is 0 Å². The number of ether oxygens (including phenoxy) is 5. The maximum absolute atomic E-state index is 11.7. The molecule has 11 heteroatoms. The second kappa shape index (κ2) is 19.8. The predicted molar refractivity (Wildman–Crippen MR) is 151 cm³/mol. The Kier molecular flexibility index (Phi) is 16.4. The second-order valence-corrected chi connectivity index (χ2v) is 10.6. The molecule has 3 aliphatic rings. The number of esters is 4. The van der Waals surface area contributed by atoms with E-state index < -0.39 is 30.7 Å². The van der Waals surface area contributed by atoms with Crippen LogP contribution in [0.4, 0.5) is 0 Å². The van der Waals surface area contributed by atoms with Crippen molar-refractivity contribution in [3.63, 3.8) is 0 Å². The molecule has 42 heavy (non-hydrogen) atoms. The molecule has 0 amide bonds. The van der Waals surface area contributed by atoms with Crippen molar-refractivity contribution >= 4 is 23.9 Å². The molecule has 3 heterocycles. The molecule has 3 aliphatic heterocycles. The number of aliphatic hydroxyl groups is 2. The topological polar surface area (TPSA) is 155 Å². The van der Waals surface area contributed by atoms with Crippen LogP contribution < -0.4 is 0 Å². The second-order valence-electron chi connectivity index (χ2n) is 10.6. The summed E-state index contributed by atoms with van der Waals surface area (Å²) in [5.41, 5.74) is -0.106. The van der Waals surface area contributed by atoms with Gasteiger partial charge in [-0.2, -0.15) is 0 Å². The summed E-state index contributed by atoms with van der Waals surface area (Å²) in [5.74, 6) is -0.683. The first-order valence-corrected chi connectivity index (χ1v) is 14.4. The van der Waals surface area contributed by atoms with Gasteiger partial charge in [-0.1, -0.05) is 42.5 Å². The van der Waals surface area contributed by atoms with Gasteiger partial charge in [-0.05, 0) is 44.1 Å².